The molecule has 22 heavy (non-hydrogen) atoms. The highest BCUT2D eigenvalue weighted by molar-refractivity contribution is 5.92. The van der Waals surface area contributed by atoms with Crippen LogP contribution in [0.2, 0.25) is 0 Å². The van der Waals surface area contributed by atoms with E-state index in [1.165, 1.54) is 26.4 Å². The number of carbonyl (C=O) groups excluding carboxylic acids is 2. The Labute approximate surface area is 131 Å². The van der Waals surface area contributed by atoms with Gasteiger partial charge >= 0.3 is 11.9 Å². The van der Waals surface area contributed by atoms with Crippen LogP contribution in [0.3, 0.4) is 0 Å². The van der Waals surface area contributed by atoms with E-state index in [0.29, 0.717) is 0 Å². The topological polar surface area (TPSA) is 71.1 Å². The number of hydrogen-bond donors (Lipinski definition) is 0. The average molecular weight is 312 g/mol. The van der Waals surface area contributed by atoms with Crippen molar-refractivity contribution < 1.29 is 28.5 Å². The molecule has 0 amide bonds. The minimum atomic E-state index is -1.47. The van der Waals surface area contributed by atoms with Gasteiger partial charge in [-0.25, -0.2) is 9.59 Å². The summed E-state index contributed by atoms with van der Waals surface area (Å²) in [7, 11) is 2.68. The van der Waals surface area contributed by atoms with Gasteiger partial charge in [0.25, 0.3) is 0 Å². The van der Waals surface area contributed by atoms with Gasteiger partial charge in [0.1, 0.15) is 0 Å². The summed E-state index contributed by atoms with van der Waals surface area (Å²) < 4.78 is 21.0. The van der Waals surface area contributed by atoms with Crippen molar-refractivity contribution in [2.24, 2.45) is 5.92 Å². The largest absolute Gasteiger partial charge is 0.467 e. The molecule has 6 nitrogen and oxygen atoms in total. The second-order valence-corrected chi connectivity index (χ2v) is 5.45. The molecule has 0 bridgehead atoms. The lowest BCUT2D eigenvalue weighted by Gasteiger charge is -2.32. The SMILES string of the molecule is CCOC(=O)/C(=C\C(C)C)[C@@]1(OC)C=C[C@@](C)(C(=O)OC)O1. The highest BCUT2D eigenvalue weighted by Crippen LogP contribution is 2.38. The minimum absolute atomic E-state index is 0.0633. The summed E-state index contributed by atoms with van der Waals surface area (Å²) >= 11 is 0. The van der Waals surface area contributed by atoms with Crippen molar-refractivity contribution in [1.82, 2.24) is 0 Å². The van der Waals surface area contributed by atoms with Crippen LogP contribution in [-0.2, 0) is 28.5 Å². The Morgan fingerprint density at radius 3 is 2.36 bits per heavy atom. The van der Waals surface area contributed by atoms with Gasteiger partial charge in [-0.05, 0) is 31.9 Å². The highest BCUT2D eigenvalue weighted by atomic mass is 16.7. The summed E-state index contributed by atoms with van der Waals surface area (Å²) in [6.45, 7) is 7.33. The van der Waals surface area contributed by atoms with Crippen LogP contribution >= 0.6 is 0 Å². The van der Waals surface area contributed by atoms with Gasteiger partial charge in [0.2, 0.25) is 5.79 Å². The first kappa shape index (κ1) is 18.4. The molecule has 124 valence electrons. The molecular formula is C16H24O6. The van der Waals surface area contributed by atoms with Gasteiger partial charge in [0, 0.05) is 7.11 Å². The van der Waals surface area contributed by atoms with Crippen LogP contribution in [-0.4, -0.2) is 44.2 Å². The maximum absolute atomic E-state index is 12.3. The van der Waals surface area contributed by atoms with E-state index in [1.807, 2.05) is 13.8 Å². The van der Waals surface area contributed by atoms with Crippen LogP contribution in [0.1, 0.15) is 27.7 Å². The second kappa shape index (κ2) is 7.07. The maximum atomic E-state index is 12.3. The summed E-state index contributed by atoms with van der Waals surface area (Å²) in [5.41, 5.74) is -1.12. The quantitative estimate of drug-likeness (QED) is 0.424. The van der Waals surface area contributed by atoms with E-state index in [2.05, 4.69) is 0 Å². The van der Waals surface area contributed by atoms with Crippen LogP contribution in [0.15, 0.2) is 23.8 Å². The maximum Gasteiger partial charge on any atom is 0.342 e. The van der Waals surface area contributed by atoms with Crippen molar-refractivity contribution in [3.05, 3.63) is 23.8 Å². The Morgan fingerprint density at radius 2 is 1.91 bits per heavy atom. The van der Waals surface area contributed by atoms with Gasteiger partial charge in [-0.1, -0.05) is 19.9 Å². The molecule has 1 aliphatic heterocycles. The summed E-state index contributed by atoms with van der Waals surface area (Å²) in [5, 5.41) is 0. The van der Waals surface area contributed by atoms with E-state index in [0.717, 1.165) is 0 Å². The molecule has 6 heteroatoms. The molecule has 0 radical (unpaired) electrons. The molecule has 1 aliphatic rings. The normalized spacial score (nSPS) is 28.0. The van der Waals surface area contributed by atoms with Crippen LogP contribution < -0.4 is 0 Å². The molecule has 0 N–H and O–H groups in total. The van der Waals surface area contributed by atoms with Crippen LogP contribution in [0.4, 0.5) is 0 Å². The zero-order valence-corrected chi connectivity index (χ0v) is 14.0. The number of methoxy groups -OCH3 is 2. The lowest BCUT2D eigenvalue weighted by atomic mass is 10.0. The Balaban J connectivity index is 3.25. The van der Waals surface area contributed by atoms with E-state index in [1.54, 1.807) is 19.9 Å². The Hall–Kier alpha value is -1.66. The second-order valence-electron chi connectivity index (χ2n) is 5.45. The Bertz CT molecular complexity index is 493. The summed E-state index contributed by atoms with van der Waals surface area (Å²) in [5.74, 6) is -2.53. The minimum Gasteiger partial charge on any atom is -0.467 e. The summed E-state index contributed by atoms with van der Waals surface area (Å²) in [4.78, 5) is 24.2. The third kappa shape index (κ3) is 3.56. The zero-order valence-electron chi connectivity index (χ0n) is 14.0. The fourth-order valence-electron chi connectivity index (χ4n) is 2.20. The lowest BCUT2D eigenvalue weighted by Crippen LogP contribution is -2.45. The van der Waals surface area contributed by atoms with E-state index < -0.39 is 23.3 Å². The predicted molar refractivity (Wildman–Crippen MR) is 79.9 cm³/mol. The highest BCUT2D eigenvalue weighted by Gasteiger charge is 2.51. The molecule has 0 aromatic carbocycles. The van der Waals surface area contributed by atoms with Gasteiger partial charge in [0.15, 0.2) is 5.60 Å². The number of allylic oxidation sites excluding steroid dienone is 1. The van der Waals surface area contributed by atoms with Crippen LogP contribution in [0.25, 0.3) is 0 Å². The predicted octanol–water partition coefficient (Wildman–Crippen LogP) is 1.99. The van der Waals surface area contributed by atoms with E-state index in [9.17, 15) is 9.59 Å². The standard InChI is InChI=1S/C16H24O6/c1-7-21-13(17)12(10-11(2)3)16(20-6)9-8-15(4,22-16)14(18)19-5/h8-11H,7H2,1-6H3/b12-10+/t15-,16+/m0/s1. The molecule has 1 rings (SSSR count). The monoisotopic (exact) mass is 312 g/mol. The molecule has 0 saturated heterocycles. The molecule has 0 aliphatic carbocycles. The molecule has 0 aromatic heterocycles. The molecule has 0 spiro atoms. The first-order valence-electron chi connectivity index (χ1n) is 7.18. The van der Waals surface area contributed by atoms with Crippen molar-refractivity contribution in [3.8, 4) is 0 Å². The summed E-state index contributed by atoms with van der Waals surface area (Å²) in [6.07, 6.45) is 4.76. The average Bonchev–Trinajstić information content (AvgIpc) is 2.83. The van der Waals surface area contributed by atoms with Crippen molar-refractivity contribution in [2.75, 3.05) is 20.8 Å². The van der Waals surface area contributed by atoms with Gasteiger partial charge < -0.3 is 18.9 Å². The molecule has 0 unspecified atom stereocenters. The first-order valence-corrected chi connectivity index (χ1v) is 7.18. The van der Waals surface area contributed by atoms with Gasteiger partial charge in [-0.15, -0.1) is 0 Å². The molecular weight excluding hydrogens is 288 g/mol. The smallest absolute Gasteiger partial charge is 0.342 e. The fourth-order valence-corrected chi connectivity index (χ4v) is 2.20. The van der Waals surface area contributed by atoms with Crippen molar-refractivity contribution in [2.45, 2.75) is 39.1 Å². The third-order valence-electron chi connectivity index (χ3n) is 3.25. The lowest BCUT2D eigenvalue weighted by molar-refractivity contribution is -0.213. The first-order chi connectivity index (χ1) is 10.2. The van der Waals surface area contributed by atoms with Crippen LogP contribution in [0, 0.1) is 5.92 Å². The van der Waals surface area contributed by atoms with Gasteiger partial charge in [-0.2, -0.15) is 0 Å². The van der Waals surface area contributed by atoms with E-state index >= 15 is 0 Å². The number of hydrogen-bond acceptors (Lipinski definition) is 6. The Kier molecular flexibility index (Phi) is 5.91. The van der Waals surface area contributed by atoms with Gasteiger partial charge in [0.05, 0.1) is 19.3 Å². The summed E-state index contributed by atoms with van der Waals surface area (Å²) in [6, 6.07) is 0. The zero-order chi connectivity index (χ0) is 17.0. The van der Waals surface area contributed by atoms with Crippen molar-refractivity contribution in [3.63, 3.8) is 0 Å². The number of esters is 2. The molecule has 1 heterocycles. The third-order valence-corrected chi connectivity index (χ3v) is 3.25. The van der Waals surface area contributed by atoms with Crippen molar-refractivity contribution in [1.29, 1.82) is 0 Å². The van der Waals surface area contributed by atoms with Gasteiger partial charge in [-0.3, -0.25) is 0 Å². The molecule has 0 fully saturated rings. The van der Waals surface area contributed by atoms with Crippen molar-refractivity contribution >= 4 is 11.9 Å². The molecule has 0 saturated carbocycles. The fraction of sp³-hybridized carbons (Fsp3) is 0.625. The number of carbonyl (C=O) groups is 2. The molecule has 0 aromatic rings. The molecule has 2 atom stereocenters. The number of ether oxygens (including phenoxy) is 4. The van der Waals surface area contributed by atoms with E-state index in [4.69, 9.17) is 18.9 Å². The Morgan fingerprint density at radius 1 is 1.27 bits per heavy atom. The van der Waals surface area contributed by atoms with E-state index in [-0.39, 0.29) is 18.1 Å². The number of rotatable bonds is 6. The van der Waals surface area contributed by atoms with Crippen LogP contribution in [0.5, 0.6) is 0 Å².